The van der Waals surface area contributed by atoms with E-state index in [2.05, 4.69) is 5.10 Å². The summed E-state index contributed by atoms with van der Waals surface area (Å²) in [5.41, 5.74) is 1.77. The zero-order valence-corrected chi connectivity index (χ0v) is 17.0. The first-order chi connectivity index (χ1) is 13.1. The first-order valence-electron chi connectivity index (χ1n) is 9.22. The van der Waals surface area contributed by atoms with Crippen molar-refractivity contribution in [1.29, 1.82) is 0 Å². The number of amides is 1. The quantitative estimate of drug-likeness (QED) is 0.625. The fraction of sp³-hybridized carbons (Fsp3) is 0.474. The molecule has 0 spiro atoms. The number of hydrogen-bond acceptors (Lipinski definition) is 6. The van der Waals surface area contributed by atoms with Crippen LogP contribution in [0.25, 0.3) is 0 Å². The van der Waals surface area contributed by atoms with Crippen LogP contribution in [0.4, 0.5) is 4.79 Å². The van der Waals surface area contributed by atoms with Gasteiger partial charge in [-0.3, -0.25) is 0 Å². The van der Waals surface area contributed by atoms with Crippen molar-refractivity contribution in [3.63, 3.8) is 0 Å². The van der Waals surface area contributed by atoms with Gasteiger partial charge in [-0.2, -0.15) is 13.5 Å². The summed E-state index contributed by atoms with van der Waals surface area (Å²) >= 11 is 0. The van der Waals surface area contributed by atoms with Crippen molar-refractivity contribution in [2.24, 2.45) is 0 Å². The summed E-state index contributed by atoms with van der Waals surface area (Å²) in [6, 6.07) is 6.69. The van der Waals surface area contributed by atoms with E-state index in [1.807, 2.05) is 26.8 Å². The third kappa shape index (κ3) is 3.58. The summed E-state index contributed by atoms with van der Waals surface area (Å²) in [5, 5.41) is 4.59. The van der Waals surface area contributed by atoms with Crippen LogP contribution < -0.4 is 4.18 Å². The Bertz CT molecular complexity index is 1040. The Balaban J connectivity index is 1.63. The summed E-state index contributed by atoms with van der Waals surface area (Å²) in [7, 11) is -3.93. The summed E-state index contributed by atoms with van der Waals surface area (Å²) in [4.78, 5) is 14.2. The van der Waals surface area contributed by atoms with Crippen LogP contribution in [0.3, 0.4) is 0 Å². The van der Waals surface area contributed by atoms with Gasteiger partial charge in [0.15, 0.2) is 0 Å². The zero-order chi connectivity index (χ0) is 20.1. The van der Waals surface area contributed by atoms with E-state index in [0.29, 0.717) is 32.5 Å². The first kappa shape index (κ1) is 18.8. The van der Waals surface area contributed by atoms with Gasteiger partial charge in [0.05, 0.1) is 12.2 Å². The summed E-state index contributed by atoms with van der Waals surface area (Å²) < 4.78 is 37.8. The van der Waals surface area contributed by atoms with Gasteiger partial charge in [0.25, 0.3) is 0 Å². The van der Waals surface area contributed by atoms with Gasteiger partial charge in [-0.25, -0.2) is 9.48 Å². The highest BCUT2D eigenvalue weighted by atomic mass is 32.2. The van der Waals surface area contributed by atoms with E-state index in [1.54, 1.807) is 21.7 Å². The smallest absolute Gasteiger partial charge is 0.410 e. The molecule has 1 amide bonds. The van der Waals surface area contributed by atoms with Gasteiger partial charge in [0.1, 0.15) is 10.5 Å². The van der Waals surface area contributed by atoms with Gasteiger partial charge in [-0.05, 0) is 44.9 Å². The molecule has 2 aliphatic heterocycles. The highest BCUT2D eigenvalue weighted by Crippen LogP contribution is 2.32. The second-order valence-corrected chi connectivity index (χ2v) is 9.59. The third-order valence-corrected chi connectivity index (χ3v) is 5.90. The number of benzene rings is 1. The van der Waals surface area contributed by atoms with Crippen LogP contribution in [-0.2, 0) is 34.2 Å². The number of aromatic nitrogens is 2. The van der Waals surface area contributed by atoms with E-state index in [-0.39, 0.29) is 16.9 Å². The van der Waals surface area contributed by atoms with E-state index in [1.165, 1.54) is 6.07 Å². The fourth-order valence-corrected chi connectivity index (χ4v) is 4.45. The number of nitrogens with zero attached hydrogens (tertiary/aromatic N) is 3. The molecule has 0 radical (unpaired) electrons. The molecule has 2 bridgehead atoms. The van der Waals surface area contributed by atoms with Crippen molar-refractivity contribution in [3.8, 4) is 5.88 Å². The molecule has 2 aromatic rings. The molecular formula is C19H23N3O5S. The topological polar surface area (TPSA) is 90.7 Å². The lowest BCUT2D eigenvalue weighted by Gasteiger charge is -2.26. The fourth-order valence-electron chi connectivity index (χ4n) is 3.42. The minimum absolute atomic E-state index is 0.134. The zero-order valence-electron chi connectivity index (χ0n) is 16.1. The van der Waals surface area contributed by atoms with Gasteiger partial charge < -0.3 is 13.8 Å². The molecule has 0 N–H and O–H groups in total. The average molecular weight is 405 g/mol. The van der Waals surface area contributed by atoms with Gasteiger partial charge in [0.2, 0.25) is 5.88 Å². The molecular weight excluding hydrogens is 382 g/mol. The monoisotopic (exact) mass is 405 g/mol. The van der Waals surface area contributed by atoms with Gasteiger partial charge in [0, 0.05) is 25.1 Å². The second-order valence-electron chi connectivity index (χ2n) is 8.04. The number of rotatable bonds is 0. The van der Waals surface area contributed by atoms with Crippen molar-refractivity contribution in [3.05, 3.63) is 41.1 Å². The van der Waals surface area contributed by atoms with Crippen molar-refractivity contribution < 1.29 is 22.1 Å². The number of ether oxygens (including phenoxy) is 1. The van der Waals surface area contributed by atoms with E-state index in [4.69, 9.17) is 8.92 Å². The maximum absolute atomic E-state index is 12.6. The Morgan fingerprint density at radius 2 is 1.96 bits per heavy atom. The molecule has 1 aromatic heterocycles. The number of fused-ring (bicyclic) bond motifs is 5. The first-order valence-corrected chi connectivity index (χ1v) is 10.6. The van der Waals surface area contributed by atoms with Crippen LogP contribution in [0.1, 0.15) is 37.6 Å². The van der Waals surface area contributed by atoms with E-state index in [9.17, 15) is 13.2 Å². The van der Waals surface area contributed by atoms with Crippen LogP contribution in [0.5, 0.6) is 5.88 Å². The molecule has 0 atom stereocenters. The molecule has 4 rings (SSSR count). The molecule has 1 aromatic carbocycles. The van der Waals surface area contributed by atoms with Crippen molar-refractivity contribution in [1.82, 2.24) is 14.7 Å². The number of hydrogen-bond donors (Lipinski definition) is 0. The molecule has 3 heterocycles. The third-order valence-electron chi connectivity index (χ3n) is 4.69. The average Bonchev–Trinajstić information content (AvgIpc) is 2.77. The van der Waals surface area contributed by atoms with Crippen molar-refractivity contribution in [2.75, 3.05) is 13.1 Å². The van der Waals surface area contributed by atoms with Crippen LogP contribution in [0.15, 0.2) is 29.2 Å². The second kappa shape index (κ2) is 6.51. The lowest BCUT2D eigenvalue weighted by molar-refractivity contribution is 0.0258. The molecule has 8 nitrogen and oxygen atoms in total. The number of carbonyl (C=O) groups excluding carboxylic acids is 1. The van der Waals surface area contributed by atoms with E-state index >= 15 is 0 Å². The Labute approximate surface area is 164 Å². The summed E-state index contributed by atoms with van der Waals surface area (Å²) in [6.45, 7) is 6.78. The number of carbonyl (C=O) groups is 1. The van der Waals surface area contributed by atoms with Crippen LogP contribution in [0, 0.1) is 0 Å². The molecule has 0 saturated carbocycles. The molecule has 0 aliphatic carbocycles. The standard InChI is InChI=1S/C19H23N3O5S/c1-19(2,3)26-18(23)21-9-7-15-16(8-10-21)20-22-12-13-5-4-6-14(11-13)28(24,25)27-17(15)22/h4-6,11H,7-10,12H2,1-3H3. The van der Waals surface area contributed by atoms with Gasteiger partial charge >= 0.3 is 16.2 Å². The van der Waals surface area contributed by atoms with E-state index in [0.717, 1.165) is 16.8 Å². The maximum atomic E-state index is 12.6. The lowest BCUT2D eigenvalue weighted by Crippen LogP contribution is -2.38. The van der Waals surface area contributed by atoms with Gasteiger partial charge in [-0.1, -0.05) is 12.1 Å². The predicted molar refractivity (Wildman–Crippen MR) is 101 cm³/mol. The predicted octanol–water partition coefficient (Wildman–Crippen LogP) is 2.35. The minimum atomic E-state index is -3.93. The molecule has 28 heavy (non-hydrogen) atoms. The Morgan fingerprint density at radius 1 is 1.21 bits per heavy atom. The molecule has 9 heteroatoms. The Hall–Kier alpha value is -2.55. The largest absolute Gasteiger partial charge is 0.444 e. The highest BCUT2D eigenvalue weighted by Gasteiger charge is 2.31. The minimum Gasteiger partial charge on any atom is -0.444 e. The molecule has 0 unspecified atom stereocenters. The molecule has 0 fully saturated rings. The van der Waals surface area contributed by atoms with Crippen molar-refractivity contribution >= 4 is 16.2 Å². The molecule has 150 valence electrons. The van der Waals surface area contributed by atoms with Gasteiger partial charge in [-0.15, -0.1) is 0 Å². The Morgan fingerprint density at radius 3 is 2.71 bits per heavy atom. The van der Waals surface area contributed by atoms with Crippen LogP contribution >= 0.6 is 0 Å². The summed E-state index contributed by atoms with van der Waals surface area (Å²) in [6.07, 6.45) is 0.583. The van der Waals surface area contributed by atoms with Crippen molar-refractivity contribution in [2.45, 2.75) is 50.7 Å². The maximum Gasteiger partial charge on any atom is 0.410 e. The van der Waals surface area contributed by atoms with Crippen LogP contribution in [-0.4, -0.2) is 47.9 Å². The Kier molecular flexibility index (Phi) is 4.37. The molecule has 2 aliphatic rings. The highest BCUT2D eigenvalue weighted by molar-refractivity contribution is 7.87. The van der Waals surface area contributed by atoms with E-state index < -0.39 is 15.7 Å². The lowest BCUT2D eigenvalue weighted by atomic mass is 10.1. The molecule has 0 saturated heterocycles. The normalized spacial score (nSPS) is 18.0. The van der Waals surface area contributed by atoms with Crippen LogP contribution in [0.2, 0.25) is 0 Å². The SMILES string of the molecule is CC(C)(C)OC(=O)N1CCc2nn3c(c2CC1)OS(=O)(=O)c1cccc(c1)C3. The summed E-state index contributed by atoms with van der Waals surface area (Å²) in [5.74, 6) is 0.243.